The number of carbonyl (C=O) groups is 1. The van der Waals surface area contributed by atoms with E-state index in [0.717, 1.165) is 11.4 Å². The third kappa shape index (κ3) is 5.22. The van der Waals surface area contributed by atoms with Gasteiger partial charge in [-0.05, 0) is 49.7 Å². The van der Waals surface area contributed by atoms with Crippen LogP contribution in [0.5, 0.6) is 5.75 Å². The zero-order valence-electron chi connectivity index (χ0n) is 16.5. The van der Waals surface area contributed by atoms with Crippen LogP contribution in [0, 0.1) is 5.41 Å². The summed E-state index contributed by atoms with van der Waals surface area (Å²) >= 11 is 0. The van der Waals surface area contributed by atoms with Gasteiger partial charge in [0.05, 0.1) is 27.9 Å². The number of aromatic amines is 1. The maximum Gasteiger partial charge on any atom is 0.310 e. The van der Waals surface area contributed by atoms with E-state index in [1.54, 1.807) is 42.7 Å². The number of nitrogens with zero attached hydrogens (tertiary/aromatic N) is 2. The number of ether oxygens (including phenoxy) is 1. The van der Waals surface area contributed by atoms with Crippen molar-refractivity contribution in [1.29, 1.82) is 0 Å². The first kappa shape index (κ1) is 21.5. The number of hydrogen-bond donors (Lipinski definition) is 3. The number of pyridine rings is 1. The third-order valence-corrected chi connectivity index (χ3v) is 5.81. The van der Waals surface area contributed by atoms with Gasteiger partial charge in [-0.3, -0.25) is 14.9 Å². The summed E-state index contributed by atoms with van der Waals surface area (Å²) in [6.07, 6.45) is 3.21. The molecule has 2 heterocycles. The summed E-state index contributed by atoms with van der Waals surface area (Å²) in [6, 6.07) is 11.6. The Labute approximate surface area is 174 Å². The van der Waals surface area contributed by atoms with E-state index >= 15 is 0 Å². The van der Waals surface area contributed by atoms with Gasteiger partial charge >= 0.3 is 5.97 Å². The van der Waals surface area contributed by atoms with E-state index in [2.05, 4.69) is 19.9 Å². The first-order valence-electron chi connectivity index (χ1n) is 9.08. The smallest absolute Gasteiger partial charge is 0.310 e. The molecule has 1 aromatic carbocycles. The molecular weight excluding hydrogens is 408 g/mol. The van der Waals surface area contributed by atoms with Crippen LogP contribution in [-0.4, -0.2) is 41.2 Å². The molecule has 3 N–H and O–H groups in total. The monoisotopic (exact) mass is 430 g/mol. The predicted molar refractivity (Wildman–Crippen MR) is 109 cm³/mol. The predicted octanol–water partition coefficient (Wildman–Crippen LogP) is 2.44. The molecule has 158 valence electrons. The van der Waals surface area contributed by atoms with Crippen molar-refractivity contribution in [2.75, 3.05) is 6.54 Å². The molecule has 3 aromatic rings. The van der Waals surface area contributed by atoms with Crippen LogP contribution in [0.1, 0.15) is 19.4 Å². The van der Waals surface area contributed by atoms with Crippen LogP contribution in [0.3, 0.4) is 0 Å². The number of aliphatic carboxylic acids is 1. The number of hydrogen-bond acceptors (Lipinski definition) is 6. The highest BCUT2D eigenvalue weighted by Gasteiger charge is 2.29. The lowest BCUT2D eigenvalue weighted by Crippen LogP contribution is -2.38. The number of aromatic nitrogens is 3. The van der Waals surface area contributed by atoms with Crippen molar-refractivity contribution in [3.63, 3.8) is 0 Å². The molecule has 0 spiro atoms. The van der Waals surface area contributed by atoms with Gasteiger partial charge in [-0.2, -0.15) is 5.10 Å². The fraction of sp³-hybridized carbons (Fsp3) is 0.250. The zero-order valence-corrected chi connectivity index (χ0v) is 17.3. The quantitative estimate of drug-likeness (QED) is 0.474. The van der Waals surface area contributed by atoms with Crippen molar-refractivity contribution < 1.29 is 23.1 Å². The summed E-state index contributed by atoms with van der Waals surface area (Å²) in [6.45, 7) is 2.83. The topological polar surface area (TPSA) is 134 Å². The first-order valence-corrected chi connectivity index (χ1v) is 10.6. The van der Waals surface area contributed by atoms with Gasteiger partial charge in [-0.1, -0.05) is 12.1 Å². The Morgan fingerprint density at radius 1 is 1.23 bits per heavy atom. The van der Waals surface area contributed by atoms with Crippen LogP contribution < -0.4 is 9.46 Å². The molecule has 0 atom stereocenters. The van der Waals surface area contributed by atoms with Gasteiger partial charge in [0, 0.05) is 12.7 Å². The first-order chi connectivity index (χ1) is 14.2. The minimum atomic E-state index is -3.85. The number of rotatable bonds is 9. The summed E-state index contributed by atoms with van der Waals surface area (Å²) in [4.78, 5) is 15.5. The van der Waals surface area contributed by atoms with Crippen LogP contribution in [-0.2, 0) is 21.4 Å². The third-order valence-electron chi connectivity index (χ3n) is 4.41. The van der Waals surface area contributed by atoms with Crippen LogP contribution >= 0.6 is 0 Å². The SMILES string of the molecule is CC(C)(CNS(=O)(=O)c1cccc(COc2ccc(-c3ccn[nH]3)nc2)c1)C(=O)O. The van der Waals surface area contributed by atoms with Gasteiger partial charge in [0.15, 0.2) is 0 Å². The number of sulfonamides is 1. The summed E-state index contributed by atoms with van der Waals surface area (Å²) < 4.78 is 33.1. The van der Waals surface area contributed by atoms with Crippen LogP contribution in [0.4, 0.5) is 0 Å². The molecular formula is C20H22N4O5S. The highest BCUT2D eigenvalue weighted by Crippen LogP contribution is 2.20. The van der Waals surface area contributed by atoms with E-state index in [4.69, 9.17) is 9.84 Å². The molecule has 0 bridgehead atoms. The molecule has 0 saturated carbocycles. The van der Waals surface area contributed by atoms with E-state index in [1.807, 2.05) is 0 Å². The minimum absolute atomic E-state index is 0.0394. The van der Waals surface area contributed by atoms with Crippen molar-refractivity contribution in [3.05, 3.63) is 60.4 Å². The Hall–Kier alpha value is -3.24. The van der Waals surface area contributed by atoms with Gasteiger partial charge in [-0.15, -0.1) is 0 Å². The van der Waals surface area contributed by atoms with Crippen molar-refractivity contribution in [1.82, 2.24) is 19.9 Å². The molecule has 0 radical (unpaired) electrons. The minimum Gasteiger partial charge on any atom is -0.487 e. The molecule has 30 heavy (non-hydrogen) atoms. The highest BCUT2D eigenvalue weighted by molar-refractivity contribution is 7.89. The largest absolute Gasteiger partial charge is 0.487 e. The molecule has 9 nitrogen and oxygen atoms in total. The number of H-pyrrole nitrogens is 1. The molecule has 0 fully saturated rings. The Bertz CT molecular complexity index is 1110. The Kier molecular flexibility index (Phi) is 6.18. The van der Waals surface area contributed by atoms with Crippen LogP contribution in [0.25, 0.3) is 11.4 Å². The molecule has 0 saturated heterocycles. The molecule has 0 aliphatic carbocycles. The average Bonchev–Trinajstić information content (AvgIpc) is 3.26. The molecule has 0 aliphatic rings. The lowest BCUT2D eigenvalue weighted by Gasteiger charge is -2.19. The highest BCUT2D eigenvalue weighted by atomic mass is 32.2. The van der Waals surface area contributed by atoms with E-state index in [0.29, 0.717) is 11.3 Å². The van der Waals surface area contributed by atoms with Crippen LogP contribution in [0.2, 0.25) is 0 Å². The zero-order chi connectivity index (χ0) is 21.8. The van der Waals surface area contributed by atoms with Crippen molar-refractivity contribution >= 4 is 16.0 Å². The number of carboxylic acids is 1. The molecule has 0 aliphatic heterocycles. The van der Waals surface area contributed by atoms with Crippen molar-refractivity contribution in [3.8, 4) is 17.1 Å². The van der Waals surface area contributed by atoms with Crippen molar-refractivity contribution in [2.24, 2.45) is 5.41 Å². The fourth-order valence-electron chi connectivity index (χ4n) is 2.43. The summed E-state index contributed by atoms with van der Waals surface area (Å²) in [5.41, 5.74) is 0.942. The van der Waals surface area contributed by atoms with Crippen molar-refractivity contribution in [2.45, 2.75) is 25.3 Å². The molecule has 0 amide bonds. The van der Waals surface area contributed by atoms with Gasteiger partial charge in [0.25, 0.3) is 0 Å². The molecule has 2 aromatic heterocycles. The Morgan fingerprint density at radius 3 is 2.67 bits per heavy atom. The number of carboxylic acid groups (broad SMARTS) is 1. The van der Waals surface area contributed by atoms with Gasteiger partial charge in [0.1, 0.15) is 12.4 Å². The van der Waals surface area contributed by atoms with E-state index in [9.17, 15) is 13.2 Å². The summed E-state index contributed by atoms with van der Waals surface area (Å²) in [5, 5.41) is 15.8. The number of nitrogens with one attached hydrogen (secondary N) is 2. The number of benzene rings is 1. The second-order valence-corrected chi connectivity index (χ2v) is 9.07. The summed E-state index contributed by atoms with van der Waals surface area (Å²) in [7, 11) is -3.85. The second kappa shape index (κ2) is 8.64. The average molecular weight is 430 g/mol. The standard InChI is InChI=1S/C20H22N4O5S/c1-20(2,19(25)26)13-23-30(27,28)16-5-3-4-14(10-16)12-29-15-6-7-17(21-11-15)18-8-9-22-24-18/h3-11,23H,12-13H2,1-2H3,(H,22,24)(H,25,26). The summed E-state index contributed by atoms with van der Waals surface area (Å²) in [5.74, 6) is -0.549. The maximum atomic E-state index is 12.5. The lowest BCUT2D eigenvalue weighted by molar-refractivity contribution is -0.146. The maximum absolute atomic E-state index is 12.5. The lowest BCUT2D eigenvalue weighted by atomic mass is 9.95. The fourth-order valence-corrected chi connectivity index (χ4v) is 3.71. The van der Waals surface area contributed by atoms with E-state index in [1.165, 1.54) is 26.0 Å². The normalized spacial score (nSPS) is 11.9. The van der Waals surface area contributed by atoms with E-state index < -0.39 is 21.4 Å². The Morgan fingerprint density at radius 2 is 2.03 bits per heavy atom. The molecule has 10 heteroatoms. The Balaban J connectivity index is 1.64. The van der Waals surface area contributed by atoms with Gasteiger partial charge in [-0.25, -0.2) is 13.1 Å². The van der Waals surface area contributed by atoms with Gasteiger partial charge < -0.3 is 9.84 Å². The van der Waals surface area contributed by atoms with Crippen LogP contribution in [0.15, 0.2) is 59.8 Å². The van der Waals surface area contributed by atoms with Gasteiger partial charge in [0.2, 0.25) is 10.0 Å². The molecule has 0 unspecified atom stereocenters. The van der Waals surface area contributed by atoms with E-state index in [-0.39, 0.29) is 18.0 Å². The second-order valence-electron chi connectivity index (χ2n) is 7.30. The molecule has 3 rings (SSSR count).